The van der Waals surface area contributed by atoms with Crippen molar-refractivity contribution in [3.8, 4) is 5.75 Å². The van der Waals surface area contributed by atoms with E-state index in [0.29, 0.717) is 6.42 Å². The smallest absolute Gasteiger partial charge is 0.153 e. The first-order valence-electron chi connectivity index (χ1n) is 5.52. The van der Waals surface area contributed by atoms with Crippen LogP contribution < -0.4 is 4.74 Å². The summed E-state index contributed by atoms with van der Waals surface area (Å²) in [6.07, 6.45) is 1.76. The first kappa shape index (κ1) is 11.9. The number of benzene rings is 1. The third-order valence-corrected chi connectivity index (χ3v) is 3.26. The quantitative estimate of drug-likeness (QED) is 0.825. The van der Waals surface area contributed by atoms with Gasteiger partial charge in [0.2, 0.25) is 0 Å². The molecule has 0 N–H and O–H groups in total. The molecule has 2 rings (SSSR count). The van der Waals surface area contributed by atoms with Crippen molar-refractivity contribution in [1.29, 1.82) is 0 Å². The molecule has 1 aromatic rings. The summed E-state index contributed by atoms with van der Waals surface area (Å²) in [4.78, 5) is 2.17. The van der Waals surface area contributed by atoms with E-state index in [0.717, 1.165) is 29.7 Å². The molecule has 1 aromatic carbocycles. The molecule has 0 bridgehead atoms. The summed E-state index contributed by atoms with van der Waals surface area (Å²) in [5, 5.41) is 0. The van der Waals surface area contributed by atoms with Crippen LogP contribution in [-0.4, -0.2) is 30.9 Å². The molecule has 0 radical (unpaired) electrons. The largest absolute Gasteiger partial charge is 0.475 e. The van der Waals surface area contributed by atoms with E-state index in [-0.39, 0.29) is 12.9 Å². The molecule has 1 aliphatic heterocycles. The monoisotopic (exact) mass is 287 g/mol. The van der Waals surface area contributed by atoms with Crippen molar-refractivity contribution < 1.29 is 9.13 Å². The molecule has 0 saturated carbocycles. The fourth-order valence-electron chi connectivity index (χ4n) is 1.74. The lowest BCUT2D eigenvalue weighted by Crippen LogP contribution is -2.51. The molecule has 16 heavy (non-hydrogen) atoms. The van der Waals surface area contributed by atoms with Crippen LogP contribution in [0.25, 0.3) is 0 Å². The molecule has 0 spiro atoms. The zero-order valence-electron chi connectivity index (χ0n) is 9.03. The Balaban J connectivity index is 1.83. The van der Waals surface area contributed by atoms with Gasteiger partial charge in [-0.05, 0) is 30.7 Å². The number of hydrogen-bond donors (Lipinski definition) is 0. The van der Waals surface area contributed by atoms with Crippen molar-refractivity contribution in [1.82, 2.24) is 4.90 Å². The van der Waals surface area contributed by atoms with Crippen molar-refractivity contribution in [2.45, 2.75) is 19.1 Å². The van der Waals surface area contributed by atoms with Crippen LogP contribution in [0.4, 0.5) is 4.39 Å². The summed E-state index contributed by atoms with van der Waals surface area (Å²) in [6, 6.07) is 7.80. The van der Waals surface area contributed by atoms with Crippen molar-refractivity contribution in [3.05, 3.63) is 28.7 Å². The summed E-state index contributed by atoms with van der Waals surface area (Å²) < 4.78 is 18.9. The molecule has 1 atom stereocenters. The molecule has 1 heterocycles. The second-order valence-electron chi connectivity index (χ2n) is 3.89. The van der Waals surface area contributed by atoms with Crippen LogP contribution in [0, 0.1) is 0 Å². The topological polar surface area (TPSA) is 12.5 Å². The van der Waals surface area contributed by atoms with Crippen molar-refractivity contribution >= 4 is 15.9 Å². The van der Waals surface area contributed by atoms with Crippen LogP contribution in [0.1, 0.15) is 12.8 Å². The van der Waals surface area contributed by atoms with E-state index in [1.54, 1.807) is 0 Å². The van der Waals surface area contributed by atoms with Gasteiger partial charge in [0.1, 0.15) is 5.75 Å². The fourth-order valence-corrected chi connectivity index (χ4v) is 2.00. The lowest BCUT2D eigenvalue weighted by Gasteiger charge is -2.40. The summed E-state index contributed by atoms with van der Waals surface area (Å²) in [7, 11) is 0. The van der Waals surface area contributed by atoms with Crippen LogP contribution in [0.2, 0.25) is 0 Å². The van der Waals surface area contributed by atoms with Crippen molar-refractivity contribution in [2.24, 2.45) is 0 Å². The maximum Gasteiger partial charge on any atom is 0.153 e. The molecule has 4 heteroatoms. The fraction of sp³-hybridized carbons (Fsp3) is 0.500. The standard InChI is InChI=1S/C12H15BrFNO/c13-10-2-4-11(5-3-10)16-12-6-9-15(12)8-1-7-14/h2-5,12H,1,6-9H2. The van der Waals surface area contributed by atoms with E-state index < -0.39 is 0 Å². The first-order chi connectivity index (χ1) is 7.79. The van der Waals surface area contributed by atoms with Crippen LogP contribution in [0.15, 0.2) is 28.7 Å². The first-order valence-corrected chi connectivity index (χ1v) is 6.31. The normalized spacial score (nSPS) is 20.5. The van der Waals surface area contributed by atoms with Gasteiger partial charge in [0.25, 0.3) is 0 Å². The van der Waals surface area contributed by atoms with Gasteiger partial charge in [-0.15, -0.1) is 0 Å². The highest BCUT2D eigenvalue weighted by atomic mass is 79.9. The van der Waals surface area contributed by atoms with Crippen molar-refractivity contribution in [2.75, 3.05) is 19.8 Å². The van der Waals surface area contributed by atoms with Gasteiger partial charge in [-0.25, -0.2) is 0 Å². The predicted octanol–water partition coefficient (Wildman–Crippen LogP) is 3.22. The lowest BCUT2D eigenvalue weighted by molar-refractivity contribution is -0.0552. The van der Waals surface area contributed by atoms with Gasteiger partial charge in [0, 0.05) is 24.0 Å². The molecule has 88 valence electrons. The number of ether oxygens (including phenoxy) is 1. The molecule has 0 aliphatic carbocycles. The van der Waals surface area contributed by atoms with Gasteiger partial charge in [-0.2, -0.15) is 0 Å². The Bertz CT molecular complexity index is 330. The third kappa shape index (κ3) is 2.95. The molecule has 1 unspecified atom stereocenters. The summed E-state index contributed by atoms with van der Waals surface area (Å²) in [5.74, 6) is 0.873. The highest BCUT2D eigenvalue weighted by Gasteiger charge is 2.28. The van der Waals surface area contributed by atoms with Gasteiger partial charge in [0.15, 0.2) is 6.23 Å². The van der Waals surface area contributed by atoms with E-state index in [9.17, 15) is 4.39 Å². The molecule has 1 aliphatic rings. The Labute approximate surface area is 104 Å². The van der Waals surface area contributed by atoms with Crippen LogP contribution in [0.5, 0.6) is 5.75 Å². The highest BCUT2D eigenvalue weighted by Crippen LogP contribution is 2.23. The molecule has 1 fully saturated rings. The van der Waals surface area contributed by atoms with Gasteiger partial charge >= 0.3 is 0 Å². The van der Waals surface area contributed by atoms with Crippen molar-refractivity contribution in [3.63, 3.8) is 0 Å². The Kier molecular flexibility index (Phi) is 4.18. The van der Waals surface area contributed by atoms with E-state index in [4.69, 9.17) is 4.74 Å². The van der Waals surface area contributed by atoms with E-state index in [2.05, 4.69) is 20.8 Å². The van der Waals surface area contributed by atoms with Crippen LogP contribution >= 0.6 is 15.9 Å². The molecular formula is C12H15BrFNO. The minimum atomic E-state index is -0.249. The molecule has 0 aromatic heterocycles. The minimum Gasteiger partial charge on any atom is -0.475 e. The average molecular weight is 288 g/mol. The molecule has 2 nitrogen and oxygen atoms in total. The minimum absolute atomic E-state index is 0.132. The Morgan fingerprint density at radius 2 is 2.12 bits per heavy atom. The van der Waals surface area contributed by atoms with Gasteiger partial charge < -0.3 is 4.74 Å². The Hall–Kier alpha value is -0.610. The SMILES string of the molecule is FCCCN1CCC1Oc1ccc(Br)cc1. The zero-order chi connectivity index (χ0) is 11.4. The van der Waals surface area contributed by atoms with Gasteiger partial charge in [-0.3, -0.25) is 9.29 Å². The van der Waals surface area contributed by atoms with Gasteiger partial charge in [-0.1, -0.05) is 15.9 Å². The van der Waals surface area contributed by atoms with E-state index >= 15 is 0 Å². The second kappa shape index (κ2) is 5.64. The Morgan fingerprint density at radius 3 is 2.69 bits per heavy atom. The highest BCUT2D eigenvalue weighted by molar-refractivity contribution is 9.10. The summed E-state index contributed by atoms with van der Waals surface area (Å²) >= 11 is 3.38. The molecule has 0 amide bonds. The number of rotatable bonds is 5. The zero-order valence-corrected chi connectivity index (χ0v) is 10.6. The summed E-state index contributed by atoms with van der Waals surface area (Å²) in [5.41, 5.74) is 0. The predicted molar refractivity (Wildman–Crippen MR) is 65.3 cm³/mol. The lowest BCUT2D eigenvalue weighted by atomic mass is 10.1. The maximum absolute atomic E-state index is 12.0. The molecular weight excluding hydrogens is 273 g/mol. The number of likely N-dealkylation sites (tertiary alicyclic amines) is 1. The average Bonchev–Trinajstić information content (AvgIpc) is 2.27. The van der Waals surface area contributed by atoms with Crippen LogP contribution in [-0.2, 0) is 0 Å². The number of halogens is 2. The van der Waals surface area contributed by atoms with E-state index in [1.807, 2.05) is 24.3 Å². The Morgan fingerprint density at radius 1 is 1.38 bits per heavy atom. The van der Waals surface area contributed by atoms with E-state index in [1.165, 1.54) is 0 Å². The molecule has 1 saturated heterocycles. The number of hydrogen-bond acceptors (Lipinski definition) is 2. The second-order valence-corrected chi connectivity index (χ2v) is 4.81. The third-order valence-electron chi connectivity index (χ3n) is 2.74. The number of nitrogens with zero attached hydrogens (tertiary/aromatic N) is 1. The number of alkyl halides is 1. The maximum atomic E-state index is 12.0. The summed E-state index contributed by atoms with van der Waals surface area (Å²) in [6.45, 7) is 1.56. The van der Waals surface area contributed by atoms with Gasteiger partial charge in [0.05, 0.1) is 6.67 Å². The van der Waals surface area contributed by atoms with Crippen LogP contribution in [0.3, 0.4) is 0 Å².